The second-order valence-corrected chi connectivity index (χ2v) is 6.15. The maximum atomic E-state index is 12.0. The molecule has 1 fully saturated rings. The molecule has 0 bridgehead atoms. The minimum absolute atomic E-state index is 0.180. The van der Waals surface area contributed by atoms with Crippen LogP contribution in [-0.2, 0) is 9.59 Å². The molecule has 0 aromatic rings. The highest BCUT2D eigenvalue weighted by molar-refractivity contribution is 6.35. The molecular formula is C13H25N3O2. The third-order valence-electron chi connectivity index (χ3n) is 3.24. The van der Waals surface area contributed by atoms with Gasteiger partial charge in [-0.2, -0.15) is 0 Å². The van der Waals surface area contributed by atoms with Crippen molar-refractivity contribution in [3.8, 4) is 0 Å². The first-order chi connectivity index (χ1) is 8.20. The predicted molar refractivity (Wildman–Crippen MR) is 71.2 cm³/mol. The lowest BCUT2D eigenvalue weighted by molar-refractivity contribution is -0.147. The normalized spacial score (nSPS) is 18.5. The zero-order valence-electron chi connectivity index (χ0n) is 12.1. The van der Waals surface area contributed by atoms with Crippen LogP contribution in [-0.4, -0.2) is 60.4 Å². The van der Waals surface area contributed by atoms with Gasteiger partial charge in [0.15, 0.2) is 0 Å². The van der Waals surface area contributed by atoms with E-state index in [0.717, 1.165) is 25.9 Å². The van der Waals surface area contributed by atoms with Crippen molar-refractivity contribution in [1.29, 1.82) is 0 Å². The number of carbonyl (C=O) groups is 2. The van der Waals surface area contributed by atoms with E-state index < -0.39 is 11.8 Å². The molecule has 2 amide bonds. The average molecular weight is 255 g/mol. The Morgan fingerprint density at radius 2 is 1.72 bits per heavy atom. The second-order valence-electron chi connectivity index (χ2n) is 6.15. The van der Waals surface area contributed by atoms with E-state index in [1.54, 1.807) is 11.9 Å². The lowest BCUT2D eigenvalue weighted by Gasteiger charge is -2.35. The number of amides is 2. The quantitative estimate of drug-likeness (QED) is 0.692. The van der Waals surface area contributed by atoms with E-state index in [4.69, 9.17) is 0 Å². The molecule has 104 valence electrons. The highest BCUT2D eigenvalue weighted by atomic mass is 16.2. The van der Waals surface area contributed by atoms with Gasteiger partial charge >= 0.3 is 11.8 Å². The first-order valence-corrected chi connectivity index (χ1v) is 6.48. The molecule has 1 N–H and O–H groups in total. The van der Waals surface area contributed by atoms with Crippen LogP contribution in [0.1, 0.15) is 33.6 Å². The van der Waals surface area contributed by atoms with Gasteiger partial charge in [0.1, 0.15) is 0 Å². The molecule has 0 radical (unpaired) electrons. The van der Waals surface area contributed by atoms with E-state index in [2.05, 4.69) is 17.3 Å². The Bertz CT molecular complexity index is 315. The van der Waals surface area contributed by atoms with E-state index in [9.17, 15) is 9.59 Å². The highest BCUT2D eigenvalue weighted by Crippen LogP contribution is 2.14. The predicted octanol–water partition coefficient (Wildman–Crippen LogP) is 0.454. The Morgan fingerprint density at radius 3 is 2.17 bits per heavy atom. The molecule has 0 saturated carbocycles. The van der Waals surface area contributed by atoms with Crippen LogP contribution in [0.5, 0.6) is 0 Å². The van der Waals surface area contributed by atoms with Crippen LogP contribution in [0.4, 0.5) is 0 Å². The first kappa shape index (κ1) is 15.0. The molecule has 5 heteroatoms. The number of nitrogens with one attached hydrogen (secondary N) is 1. The Kier molecular flexibility index (Phi) is 4.73. The molecule has 0 aromatic carbocycles. The molecule has 0 atom stereocenters. The number of carbonyl (C=O) groups excluding carboxylic acids is 2. The van der Waals surface area contributed by atoms with Crippen LogP contribution in [0.2, 0.25) is 0 Å². The Morgan fingerprint density at radius 1 is 1.22 bits per heavy atom. The fraction of sp³-hybridized carbons (Fsp3) is 0.846. The van der Waals surface area contributed by atoms with Crippen molar-refractivity contribution in [3.05, 3.63) is 0 Å². The van der Waals surface area contributed by atoms with Crippen molar-refractivity contribution >= 4 is 11.8 Å². The monoisotopic (exact) mass is 255 g/mol. The number of nitrogens with zero attached hydrogens (tertiary/aromatic N) is 2. The Hall–Kier alpha value is -1.10. The molecule has 1 heterocycles. The largest absolute Gasteiger partial charge is 0.343 e. The smallest absolute Gasteiger partial charge is 0.311 e. The van der Waals surface area contributed by atoms with Gasteiger partial charge in [-0.3, -0.25) is 9.59 Å². The van der Waals surface area contributed by atoms with Gasteiger partial charge in [0, 0.05) is 18.6 Å². The summed E-state index contributed by atoms with van der Waals surface area (Å²) in [5.74, 6) is -0.941. The fourth-order valence-corrected chi connectivity index (χ4v) is 2.10. The molecule has 5 nitrogen and oxygen atoms in total. The van der Waals surface area contributed by atoms with E-state index in [-0.39, 0.29) is 11.6 Å². The molecule has 1 saturated heterocycles. The van der Waals surface area contributed by atoms with Crippen LogP contribution in [0.25, 0.3) is 0 Å². The molecular weight excluding hydrogens is 230 g/mol. The van der Waals surface area contributed by atoms with Crippen LogP contribution in [0.3, 0.4) is 0 Å². The van der Waals surface area contributed by atoms with E-state index in [0.29, 0.717) is 0 Å². The maximum Gasteiger partial charge on any atom is 0.311 e. The van der Waals surface area contributed by atoms with Crippen molar-refractivity contribution in [3.63, 3.8) is 0 Å². The number of piperidine rings is 1. The van der Waals surface area contributed by atoms with Gasteiger partial charge in [0.05, 0.1) is 0 Å². The number of likely N-dealkylation sites (N-methyl/N-ethyl adjacent to an activating group) is 1. The highest BCUT2D eigenvalue weighted by Gasteiger charge is 2.29. The third-order valence-corrected chi connectivity index (χ3v) is 3.24. The summed E-state index contributed by atoms with van der Waals surface area (Å²) >= 11 is 0. The van der Waals surface area contributed by atoms with Gasteiger partial charge < -0.3 is 15.1 Å². The second kappa shape index (κ2) is 5.69. The minimum atomic E-state index is -0.510. The van der Waals surface area contributed by atoms with Gasteiger partial charge in [-0.15, -0.1) is 0 Å². The summed E-state index contributed by atoms with van der Waals surface area (Å²) in [7, 11) is 3.80. The number of likely N-dealkylation sites (tertiary alicyclic amines) is 1. The van der Waals surface area contributed by atoms with Crippen molar-refractivity contribution in [1.82, 2.24) is 15.1 Å². The molecule has 1 aliphatic heterocycles. The molecule has 0 unspecified atom stereocenters. The van der Waals surface area contributed by atoms with Gasteiger partial charge in [-0.05, 0) is 53.8 Å². The van der Waals surface area contributed by atoms with Gasteiger partial charge in [0.25, 0.3) is 0 Å². The van der Waals surface area contributed by atoms with Crippen molar-refractivity contribution in [2.45, 2.75) is 45.2 Å². The number of hydrogen-bond acceptors (Lipinski definition) is 3. The van der Waals surface area contributed by atoms with E-state index >= 15 is 0 Å². The summed E-state index contributed by atoms with van der Waals surface area (Å²) in [5, 5.41) is 2.71. The fourth-order valence-electron chi connectivity index (χ4n) is 2.10. The van der Waals surface area contributed by atoms with Crippen LogP contribution in [0, 0.1) is 0 Å². The molecule has 1 aliphatic rings. The summed E-state index contributed by atoms with van der Waals surface area (Å²) in [6, 6.07) is 0.180. The molecule has 0 aliphatic carbocycles. The van der Waals surface area contributed by atoms with Gasteiger partial charge in [0.2, 0.25) is 0 Å². The molecule has 0 aromatic heterocycles. The minimum Gasteiger partial charge on any atom is -0.343 e. The zero-order chi connectivity index (χ0) is 13.9. The van der Waals surface area contributed by atoms with Crippen LogP contribution >= 0.6 is 0 Å². The summed E-state index contributed by atoms with van der Waals surface area (Å²) in [4.78, 5) is 27.6. The summed E-state index contributed by atoms with van der Waals surface area (Å²) in [5.41, 5.74) is -0.375. The van der Waals surface area contributed by atoms with Crippen LogP contribution < -0.4 is 5.32 Å². The average Bonchev–Trinajstić information content (AvgIpc) is 2.26. The SMILES string of the molecule is CN1CCC(N(C)C(=O)C(=O)NC(C)(C)C)CC1. The van der Waals surface area contributed by atoms with Crippen molar-refractivity contribution in [2.24, 2.45) is 0 Å². The number of rotatable bonds is 1. The summed E-state index contributed by atoms with van der Waals surface area (Å²) < 4.78 is 0. The molecule has 0 spiro atoms. The Labute approximate surface area is 110 Å². The van der Waals surface area contributed by atoms with Crippen LogP contribution in [0.15, 0.2) is 0 Å². The lowest BCUT2D eigenvalue weighted by atomic mass is 10.0. The Balaban J connectivity index is 2.53. The number of hydrogen-bond donors (Lipinski definition) is 1. The van der Waals surface area contributed by atoms with Crippen molar-refractivity contribution in [2.75, 3.05) is 27.2 Å². The van der Waals surface area contributed by atoms with Crippen molar-refractivity contribution < 1.29 is 9.59 Å². The standard InChI is InChI=1S/C13H25N3O2/c1-13(2,3)14-11(17)12(18)16(5)10-6-8-15(4)9-7-10/h10H,6-9H2,1-5H3,(H,14,17). The van der Waals surface area contributed by atoms with Gasteiger partial charge in [-0.25, -0.2) is 0 Å². The van der Waals surface area contributed by atoms with Gasteiger partial charge in [-0.1, -0.05) is 0 Å². The lowest BCUT2D eigenvalue weighted by Crippen LogP contribution is -2.52. The first-order valence-electron chi connectivity index (χ1n) is 6.48. The van der Waals surface area contributed by atoms with E-state index in [1.165, 1.54) is 0 Å². The molecule has 1 rings (SSSR count). The summed E-state index contributed by atoms with van der Waals surface area (Å²) in [6.45, 7) is 7.56. The third kappa shape index (κ3) is 4.29. The molecule has 18 heavy (non-hydrogen) atoms. The maximum absolute atomic E-state index is 12.0. The summed E-state index contributed by atoms with van der Waals surface area (Å²) in [6.07, 6.45) is 1.86. The topological polar surface area (TPSA) is 52.7 Å². The zero-order valence-corrected chi connectivity index (χ0v) is 12.1. The van der Waals surface area contributed by atoms with E-state index in [1.807, 2.05) is 20.8 Å².